The summed E-state index contributed by atoms with van der Waals surface area (Å²) in [7, 11) is 0. The lowest BCUT2D eigenvalue weighted by atomic mass is 10.0. The second kappa shape index (κ2) is 8.34. The molecular formula is C25H20F2N4O. The molecule has 5 rings (SSSR count). The minimum absolute atomic E-state index is 0.258. The molecule has 0 atom stereocenters. The highest BCUT2D eigenvalue weighted by Crippen LogP contribution is 2.32. The Labute approximate surface area is 183 Å². The fraction of sp³-hybridized carbons (Fsp3) is 0.160. The molecule has 0 unspecified atom stereocenters. The highest BCUT2D eigenvalue weighted by atomic mass is 19.1. The van der Waals surface area contributed by atoms with Gasteiger partial charge < -0.3 is 10.6 Å². The first-order valence-corrected chi connectivity index (χ1v) is 10.4. The Morgan fingerprint density at radius 1 is 0.812 bits per heavy atom. The van der Waals surface area contributed by atoms with Crippen LogP contribution in [0.3, 0.4) is 0 Å². The van der Waals surface area contributed by atoms with Crippen LogP contribution in [0.2, 0.25) is 0 Å². The van der Waals surface area contributed by atoms with Crippen molar-refractivity contribution in [3.63, 3.8) is 0 Å². The standard InChI is InChI=1S/C25H20F2N4O/c26-18-7-3-16(4-8-18)23-24(17-5-9-19(27)10-6-17)31-22-13-20(11-12-21(22)30-23)29-25(32)28-14-15-1-2-15/h3-13,15H,1-2,14H2,(H2,28,29,32). The number of urea groups is 1. The minimum atomic E-state index is -0.352. The van der Waals surface area contributed by atoms with E-state index in [0.717, 1.165) is 12.8 Å². The monoisotopic (exact) mass is 430 g/mol. The molecule has 0 aliphatic heterocycles. The summed E-state index contributed by atoms with van der Waals surface area (Å²) in [6.45, 7) is 0.676. The number of rotatable bonds is 5. The highest BCUT2D eigenvalue weighted by molar-refractivity contribution is 5.93. The average molecular weight is 430 g/mol. The Balaban J connectivity index is 1.54. The zero-order valence-corrected chi connectivity index (χ0v) is 17.1. The molecule has 0 radical (unpaired) electrons. The summed E-state index contributed by atoms with van der Waals surface area (Å²) in [4.78, 5) is 21.7. The molecule has 1 aliphatic rings. The SMILES string of the molecule is O=C(NCC1CC1)Nc1ccc2nc(-c3ccc(F)cc3)c(-c3ccc(F)cc3)nc2c1. The van der Waals surface area contributed by atoms with Crippen LogP contribution in [0.5, 0.6) is 0 Å². The van der Waals surface area contributed by atoms with Crippen molar-refractivity contribution in [3.8, 4) is 22.5 Å². The summed E-state index contributed by atoms with van der Waals surface area (Å²) in [5, 5.41) is 5.69. The molecule has 2 N–H and O–H groups in total. The number of benzene rings is 3. The summed E-state index contributed by atoms with van der Waals surface area (Å²) >= 11 is 0. The number of anilines is 1. The van der Waals surface area contributed by atoms with Crippen molar-refractivity contribution in [3.05, 3.63) is 78.4 Å². The highest BCUT2D eigenvalue weighted by Gasteiger charge is 2.21. The molecule has 0 saturated heterocycles. The maximum absolute atomic E-state index is 13.5. The molecule has 5 nitrogen and oxygen atoms in total. The molecule has 32 heavy (non-hydrogen) atoms. The maximum Gasteiger partial charge on any atom is 0.319 e. The molecule has 160 valence electrons. The van der Waals surface area contributed by atoms with E-state index in [2.05, 4.69) is 10.6 Å². The molecule has 7 heteroatoms. The molecule has 1 saturated carbocycles. The Bertz CT molecular complexity index is 1290. The molecule has 1 aromatic heterocycles. The van der Waals surface area contributed by atoms with Crippen LogP contribution < -0.4 is 10.6 Å². The van der Waals surface area contributed by atoms with Crippen molar-refractivity contribution in [1.82, 2.24) is 15.3 Å². The number of aromatic nitrogens is 2. The second-order valence-corrected chi connectivity index (χ2v) is 7.92. The van der Waals surface area contributed by atoms with Gasteiger partial charge in [-0.3, -0.25) is 0 Å². The van der Waals surface area contributed by atoms with Gasteiger partial charge in [-0.2, -0.15) is 0 Å². The van der Waals surface area contributed by atoms with Gasteiger partial charge in [0.15, 0.2) is 0 Å². The summed E-state index contributed by atoms with van der Waals surface area (Å²) in [6.07, 6.45) is 2.32. The largest absolute Gasteiger partial charge is 0.338 e. The van der Waals surface area contributed by atoms with Gasteiger partial charge >= 0.3 is 6.03 Å². The van der Waals surface area contributed by atoms with E-state index in [1.807, 2.05) is 0 Å². The topological polar surface area (TPSA) is 66.9 Å². The Kier molecular flexibility index (Phi) is 5.23. The third kappa shape index (κ3) is 4.42. The smallest absolute Gasteiger partial charge is 0.319 e. The molecule has 1 aliphatic carbocycles. The second-order valence-electron chi connectivity index (χ2n) is 7.92. The van der Waals surface area contributed by atoms with Gasteiger partial charge in [0.2, 0.25) is 0 Å². The Morgan fingerprint density at radius 2 is 1.38 bits per heavy atom. The van der Waals surface area contributed by atoms with Gasteiger partial charge in [-0.1, -0.05) is 0 Å². The van der Waals surface area contributed by atoms with Gasteiger partial charge in [-0.25, -0.2) is 23.5 Å². The van der Waals surface area contributed by atoms with Crippen molar-refractivity contribution in [2.24, 2.45) is 5.92 Å². The summed E-state index contributed by atoms with van der Waals surface area (Å²) in [6, 6.07) is 17.0. The first-order valence-electron chi connectivity index (χ1n) is 10.4. The van der Waals surface area contributed by atoms with Gasteiger partial charge in [-0.05, 0) is 85.5 Å². The zero-order valence-electron chi connectivity index (χ0n) is 17.1. The van der Waals surface area contributed by atoms with E-state index in [4.69, 9.17) is 9.97 Å². The fourth-order valence-corrected chi connectivity index (χ4v) is 3.48. The first-order chi connectivity index (χ1) is 15.5. The van der Waals surface area contributed by atoms with Crippen LogP contribution in [0.4, 0.5) is 19.3 Å². The normalized spacial score (nSPS) is 13.2. The van der Waals surface area contributed by atoms with Crippen LogP contribution in [0.15, 0.2) is 66.7 Å². The lowest BCUT2D eigenvalue weighted by Gasteiger charge is -2.12. The van der Waals surface area contributed by atoms with Gasteiger partial charge in [0.05, 0.1) is 22.4 Å². The van der Waals surface area contributed by atoms with Gasteiger partial charge in [-0.15, -0.1) is 0 Å². The molecule has 0 spiro atoms. The molecule has 4 aromatic rings. The maximum atomic E-state index is 13.5. The van der Waals surface area contributed by atoms with Crippen LogP contribution in [-0.2, 0) is 0 Å². The van der Waals surface area contributed by atoms with Crippen molar-refractivity contribution in [2.75, 3.05) is 11.9 Å². The fourth-order valence-electron chi connectivity index (χ4n) is 3.48. The lowest BCUT2D eigenvalue weighted by Crippen LogP contribution is -2.30. The number of nitrogens with one attached hydrogen (secondary N) is 2. The van der Waals surface area contributed by atoms with Crippen molar-refractivity contribution < 1.29 is 13.6 Å². The number of hydrogen-bond acceptors (Lipinski definition) is 3. The van der Waals surface area contributed by atoms with E-state index in [-0.39, 0.29) is 17.7 Å². The molecule has 1 heterocycles. The van der Waals surface area contributed by atoms with E-state index in [9.17, 15) is 13.6 Å². The third-order valence-electron chi connectivity index (χ3n) is 5.41. The number of hydrogen-bond donors (Lipinski definition) is 2. The van der Waals surface area contributed by atoms with E-state index >= 15 is 0 Å². The number of amides is 2. The van der Waals surface area contributed by atoms with Crippen LogP contribution in [0, 0.1) is 17.6 Å². The predicted octanol–water partition coefficient (Wildman–Crippen LogP) is 5.77. The van der Waals surface area contributed by atoms with E-state index in [1.54, 1.807) is 42.5 Å². The van der Waals surface area contributed by atoms with E-state index in [0.29, 0.717) is 51.7 Å². The first kappa shape index (κ1) is 20.1. The van der Waals surface area contributed by atoms with Crippen LogP contribution >= 0.6 is 0 Å². The van der Waals surface area contributed by atoms with Crippen LogP contribution in [-0.4, -0.2) is 22.5 Å². The van der Waals surface area contributed by atoms with Gasteiger partial charge in [0.1, 0.15) is 11.6 Å². The van der Waals surface area contributed by atoms with Crippen LogP contribution in [0.25, 0.3) is 33.5 Å². The average Bonchev–Trinajstić information content (AvgIpc) is 3.63. The summed E-state index contributed by atoms with van der Waals surface area (Å²) in [5.41, 5.74) is 4.28. The molecule has 0 bridgehead atoms. The molecule has 3 aromatic carbocycles. The summed E-state index contributed by atoms with van der Waals surface area (Å²) in [5.74, 6) is -0.109. The lowest BCUT2D eigenvalue weighted by molar-refractivity contribution is 0.251. The quantitative estimate of drug-likeness (QED) is 0.422. The Hall–Kier alpha value is -3.87. The van der Waals surface area contributed by atoms with Gasteiger partial charge in [0, 0.05) is 23.4 Å². The number of carbonyl (C=O) groups is 1. The summed E-state index contributed by atoms with van der Waals surface area (Å²) < 4.78 is 26.9. The minimum Gasteiger partial charge on any atom is -0.338 e. The van der Waals surface area contributed by atoms with Gasteiger partial charge in [0.25, 0.3) is 0 Å². The van der Waals surface area contributed by atoms with E-state index in [1.165, 1.54) is 24.3 Å². The van der Waals surface area contributed by atoms with Crippen molar-refractivity contribution in [2.45, 2.75) is 12.8 Å². The van der Waals surface area contributed by atoms with Crippen molar-refractivity contribution in [1.29, 1.82) is 0 Å². The van der Waals surface area contributed by atoms with Crippen molar-refractivity contribution >= 4 is 22.8 Å². The third-order valence-corrected chi connectivity index (χ3v) is 5.41. The zero-order chi connectivity index (χ0) is 22.1. The number of fused-ring (bicyclic) bond motifs is 1. The van der Waals surface area contributed by atoms with Crippen LogP contribution in [0.1, 0.15) is 12.8 Å². The van der Waals surface area contributed by atoms with E-state index < -0.39 is 0 Å². The molecular weight excluding hydrogens is 410 g/mol. The number of nitrogens with zero attached hydrogens (tertiary/aromatic N) is 2. The Morgan fingerprint density at radius 3 is 1.94 bits per heavy atom. The molecule has 1 fully saturated rings. The number of halogens is 2. The molecule has 2 amide bonds. The predicted molar refractivity (Wildman–Crippen MR) is 120 cm³/mol. The number of carbonyl (C=O) groups excluding carboxylic acids is 1.